The Morgan fingerprint density at radius 3 is 2.50 bits per heavy atom. The van der Waals surface area contributed by atoms with Crippen molar-refractivity contribution < 1.29 is 24.2 Å². The number of ketones is 1. The SMILES string of the molecule is CCCOC(=O)C(C)C(c1ccc(C)c(CO)c1)c1cc(OC)c(C(C)=O)s1. The van der Waals surface area contributed by atoms with Gasteiger partial charge in [0.2, 0.25) is 0 Å². The van der Waals surface area contributed by atoms with Gasteiger partial charge in [-0.1, -0.05) is 32.0 Å². The molecule has 2 rings (SSSR count). The highest BCUT2D eigenvalue weighted by atomic mass is 32.1. The number of thiophene rings is 1. The Balaban J connectivity index is 2.56. The maximum absolute atomic E-state index is 12.6. The summed E-state index contributed by atoms with van der Waals surface area (Å²) in [5, 5.41) is 9.66. The first-order valence-corrected chi connectivity index (χ1v) is 10.2. The molecule has 0 amide bonds. The third-order valence-corrected chi connectivity index (χ3v) is 6.09. The van der Waals surface area contributed by atoms with E-state index in [4.69, 9.17) is 9.47 Å². The van der Waals surface area contributed by atoms with Crippen LogP contribution in [0.1, 0.15) is 64.3 Å². The van der Waals surface area contributed by atoms with Crippen molar-refractivity contribution in [3.63, 3.8) is 0 Å². The molecule has 1 heterocycles. The summed E-state index contributed by atoms with van der Waals surface area (Å²) in [5.74, 6) is -0.602. The Morgan fingerprint density at radius 2 is 1.96 bits per heavy atom. The van der Waals surface area contributed by atoms with Gasteiger partial charge in [0, 0.05) is 17.7 Å². The van der Waals surface area contributed by atoms with Gasteiger partial charge in [-0.15, -0.1) is 11.3 Å². The zero-order valence-corrected chi connectivity index (χ0v) is 17.9. The summed E-state index contributed by atoms with van der Waals surface area (Å²) in [5.41, 5.74) is 2.70. The van der Waals surface area contributed by atoms with Crippen LogP contribution >= 0.6 is 11.3 Å². The van der Waals surface area contributed by atoms with E-state index in [0.29, 0.717) is 17.2 Å². The van der Waals surface area contributed by atoms with Crippen LogP contribution in [0.2, 0.25) is 0 Å². The van der Waals surface area contributed by atoms with E-state index in [9.17, 15) is 14.7 Å². The minimum Gasteiger partial charge on any atom is -0.495 e. The highest BCUT2D eigenvalue weighted by Crippen LogP contribution is 2.41. The van der Waals surface area contributed by atoms with Crippen molar-refractivity contribution in [3.8, 4) is 5.75 Å². The first-order valence-electron chi connectivity index (χ1n) is 9.39. The Kier molecular flexibility index (Phi) is 7.78. The number of esters is 1. The van der Waals surface area contributed by atoms with Crippen molar-refractivity contribution >= 4 is 23.1 Å². The van der Waals surface area contributed by atoms with Crippen molar-refractivity contribution in [1.29, 1.82) is 0 Å². The number of aryl methyl sites for hydroxylation is 1. The molecule has 0 aliphatic heterocycles. The van der Waals surface area contributed by atoms with Crippen LogP contribution in [0, 0.1) is 12.8 Å². The lowest BCUT2D eigenvalue weighted by Gasteiger charge is -2.23. The number of aliphatic hydroxyl groups excluding tert-OH is 1. The van der Waals surface area contributed by atoms with Crippen molar-refractivity contribution in [3.05, 3.63) is 50.7 Å². The topological polar surface area (TPSA) is 72.8 Å². The maximum Gasteiger partial charge on any atom is 0.309 e. The molecule has 152 valence electrons. The minimum absolute atomic E-state index is 0.0759. The second-order valence-electron chi connectivity index (χ2n) is 6.88. The highest BCUT2D eigenvalue weighted by Gasteiger charge is 2.31. The second kappa shape index (κ2) is 9.85. The van der Waals surface area contributed by atoms with Crippen LogP contribution in [0.4, 0.5) is 0 Å². The summed E-state index contributed by atoms with van der Waals surface area (Å²) in [4.78, 5) is 26.0. The molecule has 5 nitrogen and oxygen atoms in total. The number of aliphatic hydroxyl groups is 1. The molecular formula is C22H28O5S. The third kappa shape index (κ3) is 4.80. The van der Waals surface area contributed by atoms with Gasteiger partial charge in [0.15, 0.2) is 5.78 Å². The first kappa shape index (κ1) is 22.1. The molecule has 1 N–H and O–H groups in total. The van der Waals surface area contributed by atoms with E-state index in [1.165, 1.54) is 25.4 Å². The third-order valence-electron chi connectivity index (χ3n) is 4.79. The van der Waals surface area contributed by atoms with Crippen molar-refractivity contribution in [1.82, 2.24) is 0 Å². The Hall–Kier alpha value is -2.18. The van der Waals surface area contributed by atoms with E-state index in [0.717, 1.165) is 28.0 Å². The lowest BCUT2D eigenvalue weighted by molar-refractivity contribution is -0.148. The molecule has 0 saturated heterocycles. The fourth-order valence-electron chi connectivity index (χ4n) is 3.17. The van der Waals surface area contributed by atoms with Crippen LogP contribution in [-0.4, -0.2) is 30.6 Å². The predicted octanol–water partition coefficient (Wildman–Crippen LogP) is 4.48. The first-order chi connectivity index (χ1) is 13.3. The maximum atomic E-state index is 12.6. The van der Waals surface area contributed by atoms with Crippen LogP contribution in [0.5, 0.6) is 5.75 Å². The summed E-state index contributed by atoms with van der Waals surface area (Å²) < 4.78 is 10.8. The van der Waals surface area contributed by atoms with Gasteiger partial charge >= 0.3 is 5.97 Å². The zero-order chi connectivity index (χ0) is 20.8. The molecule has 1 aromatic carbocycles. The molecule has 2 atom stereocenters. The number of carbonyl (C=O) groups is 2. The summed E-state index contributed by atoms with van der Waals surface area (Å²) >= 11 is 1.34. The Bertz CT molecular complexity index is 839. The Labute approximate surface area is 170 Å². The van der Waals surface area contributed by atoms with E-state index >= 15 is 0 Å². The van der Waals surface area contributed by atoms with Crippen LogP contribution in [0.25, 0.3) is 0 Å². The second-order valence-corrected chi connectivity index (χ2v) is 7.96. The molecule has 0 bridgehead atoms. The average molecular weight is 405 g/mol. The molecule has 0 spiro atoms. The van der Waals surface area contributed by atoms with Gasteiger partial charge in [0.05, 0.1) is 26.2 Å². The zero-order valence-electron chi connectivity index (χ0n) is 17.1. The van der Waals surface area contributed by atoms with E-state index in [1.54, 1.807) is 0 Å². The van der Waals surface area contributed by atoms with Gasteiger partial charge in [-0.2, -0.15) is 0 Å². The number of Topliss-reactive ketones (excluding diaryl/α,β-unsaturated/α-hetero) is 1. The Morgan fingerprint density at radius 1 is 1.25 bits per heavy atom. The molecule has 0 fully saturated rings. The molecule has 0 aliphatic rings. The number of hydrogen-bond donors (Lipinski definition) is 1. The normalized spacial score (nSPS) is 13.1. The molecule has 0 aliphatic carbocycles. The molecule has 28 heavy (non-hydrogen) atoms. The number of hydrogen-bond acceptors (Lipinski definition) is 6. The van der Waals surface area contributed by atoms with Crippen molar-refractivity contribution in [2.45, 2.75) is 46.6 Å². The molecule has 0 saturated carbocycles. The van der Waals surface area contributed by atoms with Crippen molar-refractivity contribution in [2.24, 2.45) is 5.92 Å². The lowest BCUT2D eigenvalue weighted by Crippen LogP contribution is -2.23. The largest absolute Gasteiger partial charge is 0.495 e. The van der Waals surface area contributed by atoms with Gasteiger partial charge in [-0.25, -0.2) is 0 Å². The number of rotatable bonds is 9. The van der Waals surface area contributed by atoms with Gasteiger partial charge in [-0.3, -0.25) is 9.59 Å². The van der Waals surface area contributed by atoms with E-state index < -0.39 is 5.92 Å². The number of benzene rings is 1. The molecule has 0 radical (unpaired) electrons. The fraction of sp³-hybridized carbons (Fsp3) is 0.455. The highest BCUT2D eigenvalue weighted by molar-refractivity contribution is 7.14. The van der Waals surface area contributed by atoms with E-state index in [2.05, 4.69) is 0 Å². The minimum atomic E-state index is -0.455. The number of carbonyl (C=O) groups excluding carboxylic acids is 2. The van der Waals surface area contributed by atoms with Gasteiger partial charge in [0.25, 0.3) is 0 Å². The average Bonchev–Trinajstić information content (AvgIpc) is 3.11. The summed E-state index contributed by atoms with van der Waals surface area (Å²) in [6.07, 6.45) is 0.754. The number of methoxy groups -OCH3 is 1. The predicted molar refractivity (Wildman–Crippen MR) is 110 cm³/mol. The number of ether oxygens (including phenoxy) is 2. The molecule has 2 unspecified atom stereocenters. The van der Waals surface area contributed by atoms with Crippen LogP contribution < -0.4 is 4.74 Å². The molecule has 2 aromatic rings. The fourth-order valence-corrected chi connectivity index (χ4v) is 4.42. The smallest absolute Gasteiger partial charge is 0.309 e. The summed E-state index contributed by atoms with van der Waals surface area (Å²) in [6, 6.07) is 7.65. The monoisotopic (exact) mass is 404 g/mol. The summed E-state index contributed by atoms with van der Waals surface area (Å²) in [6.45, 7) is 7.52. The summed E-state index contributed by atoms with van der Waals surface area (Å²) in [7, 11) is 1.53. The van der Waals surface area contributed by atoms with Gasteiger partial charge in [0.1, 0.15) is 10.6 Å². The van der Waals surface area contributed by atoms with E-state index in [1.807, 2.05) is 45.0 Å². The van der Waals surface area contributed by atoms with Crippen LogP contribution in [0.15, 0.2) is 24.3 Å². The van der Waals surface area contributed by atoms with Crippen LogP contribution in [-0.2, 0) is 16.1 Å². The standard InChI is InChI=1S/C22H28O5S/c1-6-9-27-22(25)14(3)20(16-8-7-13(2)17(10-16)12-23)19-11-18(26-5)21(28-19)15(4)24/h7-8,10-11,14,20,23H,6,9,12H2,1-5H3. The molecule has 1 aromatic heterocycles. The van der Waals surface area contributed by atoms with Gasteiger partial charge < -0.3 is 14.6 Å². The van der Waals surface area contributed by atoms with Crippen LogP contribution in [0.3, 0.4) is 0 Å². The van der Waals surface area contributed by atoms with Gasteiger partial charge in [-0.05, 0) is 36.1 Å². The molecular weight excluding hydrogens is 376 g/mol. The van der Waals surface area contributed by atoms with Crippen molar-refractivity contribution in [2.75, 3.05) is 13.7 Å². The lowest BCUT2D eigenvalue weighted by atomic mass is 9.84. The quantitative estimate of drug-likeness (QED) is 0.493. The van der Waals surface area contributed by atoms with E-state index in [-0.39, 0.29) is 24.3 Å². The molecule has 6 heteroatoms.